The Morgan fingerprint density at radius 2 is 2.00 bits per heavy atom. The van der Waals surface area contributed by atoms with E-state index in [9.17, 15) is 0 Å². The zero-order valence-corrected chi connectivity index (χ0v) is 12.5. The van der Waals surface area contributed by atoms with Gasteiger partial charge in [0.15, 0.2) is 0 Å². The zero-order chi connectivity index (χ0) is 13.0. The molecule has 1 aromatic carbocycles. The van der Waals surface area contributed by atoms with Crippen molar-refractivity contribution in [2.24, 2.45) is 0 Å². The molecule has 1 aromatic heterocycles. The van der Waals surface area contributed by atoms with Gasteiger partial charge in [0.05, 0.1) is 5.52 Å². The topological polar surface area (TPSA) is 24.9 Å². The van der Waals surface area contributed by atoms with Gasteiger partial charge in [-0.1, -0.05) is 34.1 Å². The molecule has 2 nitrogen and oxygen atoms in total. The number of hydrogen-bond donors (Lipinski definition) is 1. The molecule has 2 aromatic rings. The van der Waals surface area contributed by atoms with Crippen LogP contribution in [-0.4, -0.2) is 15.9 Å². The van der Waals surface area contributed by atoms with Gasteiger partial charge >= 0.3 is 0 Å². The normalized spacial score (nSPS) is 11.9. The number of hydrogen-bond acceptors (Lipinski definition) is 2. The molecule has 0 atom stereocenters. The molecule has 0 saturated carbocycles. The van der Waals surface area contributed by atoms with Crippen LogP contribution in [0.1, 0.15) is 25.8 Å². The highest BCUT2D eigenvalue weighted by Crippen LogP contribution is 2.18. The maximum Gasteiger partial charge on any atom is 0.0705 e. The Kier molecular flexibility index (Phi) is 4.36. The number of pyridine rings is 1. The minimum absolute atomic E-state index is 0.147. The van der Waals surface area contributed by atoms with E-state index in [2.05, 4.69) is 64.3 Å². The molecule has 0 aliphatic carbocycles. The largest absolute Gasteiger partial charge is 0.308 e. The van der Waals surface area contributed by atoms with E-state index in [4.69, 9.17) is 0 Å². The van der Waals surface area contributed by atoms with E-state index in [0.29, 0.717) is 0 Å². The van der Waals surface area contributed by atoms with Crippen molar-refractivity contribution in [3.63, 3.8) is 0 Å². The lowest BCUT2D eigenvalue weighted by Crippen LogP contribution is -2.39. The molecule has 0 unspecified atom stereocenters. The summed E-state index contributed by atoms with van der Waals surface area (Å²) in [5.41, 5.74) is 2.52. The number of nitrogens with zero attached hydrogens (tertiary/aromatic N) is 1. The Morgan fingerprint density at radius 1 is 1.22 bits per heavy atom. The number of halogens is 1. The van der Waals surface area contributed by atoms with E-state index in [-0.39, 0.29) is 5.54 Å². The second kappa shape index (κ2) is 5.81. The molecule has 18 heavy (non-hydrogen) atoms. The summed E-state index contributed by atoms with van der Waals surface area (Å²) in [5.74, 6) is 0. The van der Waals surface area contributed by atoms with Gasteiger partial charge in [-0.25, -0.2) is 0 Å². The summed E-state index contributed by atoms with van der Waals surface area (Å²) in [6.07, 6.45) is 2.99. The standard InChI is InChI=1S/C15H19BrN2/c1-15(2,8-9-16)18-11-12-7-10-17-14-6-4-3-5-13(12)14/h3-7,10,18H,8-9,11H2,1-2H3. The number of nitrogens with one attached hydrogen (secondary N) is 1. The van der Waals surface area contributed by atoms with Gasteiger partial charge in [-0.3, -0.25) is 4.98 Å². The van der Waals surface area contributed by atoms with Crippen molar-refractivity contribution in [3.8, 4) is 0 Å². The quantitative estimate of drug-likeness (QED) is 0.848. The van der Waals surface area contributed by atoms with Gasteiger partial charge in [0.1, 0.15) is 0 Å². The summed E-state index contributed by atoms with van der Waals surface area (Å²) in [4.78, 5) is 4.39. The molecule has 3 heteroatoms. The van der Waals surface area contributed by atoms with Gasteiger partial charge in [0.25, 0.3) is 0 Å². The number of benzene rings is 1. The third kappa shape index (κ3) is 3.30. The van der Waals surface area contributed by atoms with E-state index in [1.807, 2.05) is 12.3 Å². The van der Waals surface area contributed by atoms with E-state index < -0.39 is 0 Å². The first-order valence-electron chi connectivity index (χ1n) is 6.26. The van der Waals surface area contributed by atoms with Crippen molar-refractivity contribution in [1.82, 2.24) is 10.3 Å². The van der Waals surface area contributed by atoms with Crippen LogP contribution in [0.2, 0.25) is 0 Å². The van der Waals surface area contributed by atoms with Gasteiger partial charge < -0.3 is 5.32 Å². The third-order valence-corrected chi connectivity index (χ3v) is 3.61. The maximum absolute atomic E-state index is 4.39. The molecule has 1 heterocycles. The summed E-state index contributed by atoms with van der Waals surface area (Å²) in [7, 11) is 0. The highest BCUT2D eigenvalue weighted by atomic mass is 79.9. The van der Waals surface area contributed by atoms with Crippen molar-refractivity contribution in [2.75, 3.05) is 5.33 Å². The van der Waals surface area contributed by atoms with Crippen molar-refractivity contribution in [2.45, 2.75) is 32.4 Å². The summed E-state index contributed by atoms with van der Waals surface area (Å²) in [5, 5.41) is 5.87. The highest BCUT2D eigenvalue weighted by Gasteiger charge is 2.16. The monoisotopic (exact) mass is 306 g/mol. The molecule has 0 aliphatic heterocycles. The molecule has 1 N–H and O–H groups in total. The van der Waals surface area contributed by atoms with Gasteiger partial charge in [0, 0.05) is 29.0 Å². The van der Waals surface area contributed by atoms with E-state index >= 15 is 0 Å². The molecule has 0 radical (unpaired) electrons. The molecular weight excluding hydrogens is 288 g/mol. The molecule has 0 saturated heterocycles. The number of para-hydroxylation sites is 1. The molecule has 2 rings (SSSR count). The average Bonchev–Trinajstić information content (AvgIpc) is 2.36. The van der Waals surface area contributed by atoms with Crippen LogP contribution in [0.5, 0.6) is 0 Å². The van der Waals surface area contributed by atoms with E-state index in [1.54, 1.807) is 0 Å². The van der Waals surface area contributed by atoms with Crippen LogP contribution < -0.4 is 5.32 Å². The van der Waals surface area contributed by atoms with Crippen LogP contribution >= 0.6 is 15.9 Å². The van der Waals surface area contributed by atoms with Gasteiger partial charge in [-0.15, -0.1) is 0 Å². The van der Waals surface area contributed by atoms with Crippen LogP contribution in [0, 0.1) is 0 Å². The van der Waals surface area contributed by atoms with Crippen molar-refractivity contribution in [3.05, 3.63) is 42.1 Å². The predicted octanol–water partition coefficient (Wildman–Crippen LogP) is 3.89. The molecule has 0 spiro atoms. The van der Waals surface area contributed by atoms with E-state index in [1.165, 1.54) is 10.9 Å². The second-order valence-corrected chi connectivity index (χ2v) is 5.96. The smallest absolute Gasteiger partial charge is 0.0705 e. The van der Waals surface area contributed by atoms with Gasteiger partial charge in [-0.05, 0) is 38.0 Å². The Morgan fingerprint density at radius 3 is 2.78 bits per heavy atom. The first kappa shape index (κ1) is 13.5. The Bertz CT molecular complexity index is 517. The summed E-state index contributed by atoms with van der Waals surface area (Å²) >= 11 is 3.50. The van der Waals surface area contributed by atoms with Crippen molar-refractivity contribution in [1.29, 1.82) is 0 Å². The maximum atomic E-state index is 4.39. The van der Waals surface area contributed by atoms with Crippen LogP contribution in [0.4, 0.5) is 0 Å². The lowest BCUT2D eigenvalue weighted by molar-refractivity contribution is 0.378. The van der Waals surface area contributed by atoms with Crippen molar-refractivity contribution >= 4 is 26.8 Å². The Labute approximate surface area is 117 Å². The lowest BCUT2D eigenvalue weighted by Gasteiger charge is -2.25. The summed E-state index contributed by atoms with van der Waals surface area (Å²) in [6.45, 7) is 5.35. The van der Waals surface area contributed by atoms with Crippen LogP contribution in [0.3, 0.4) is 0 Å². The SMILES string of the molecule is CC(C)(CCBr)NCc1ccnc2ccccc12. The van der Waals surface area contributed by atoms with Crippen LogP contribution in [-0.2, 0) is 6.54 Å². The van der Waals surface area contributed by atoms with Crippen molar-refractivity contribution < 1.29 is 0 Å². The minimum Gasteiger partial charge on any atom is -0.308 e. The number of fused-ring (bicyclic) bond motifs is 1. The Balaban J connectivity index is 2.17. The fourth-order valence-corrected chi connectivity index (χ4v) is 2.96. The first-order valence-corrected chi connectivity index (χ1v) is 7.38. The minimum atomic E-state index is 0.147. The lowest BCUT2D eigenvalue weighted by atomic mass is 10.0. The molecule has 96 valence electrons. The molecular formula is C15H19BrN2. The van der Waals surface area contributed by atoms with Crippen LogP contribution in [0.25, 0.3) is 10.9 Å². The molecule has 0 fully saturated rings. The molecule has 0 bridgehead atoms. The number of aromatic nitrogens is 1. The number of alkyl halides is 1. The average molecular weight is 307 g/mol. The van der Waals surface area contributed by atoms with E-state index in [0.717, 1.165) is 23.8 Å². The summed E-state index contributed by atoms with van der Waals surface area (Å²) in [6, 6.07) is 10.4. The number of rotatable bonds is 5. The predicted molar refractivity (Wildman–Crippen MR) is 81.1 cm³/mol. The summed E-state index contributed by atoms with van der Waals surface area (Å²) < 4.78 is 0. The molecule has 0 aliphatic rings. The second-order valence-electron chi connectivity index (χ2n) is 5.16. The molecule has 0 amide bonds. The Hall–Kier alpha value is -0.930. The van der Waals surface area contributed by atoms with Gasteiger partial charge in [-0.2, -0.15) is 0 Å². The van der Waals surface area contributed by atoms with Gasteiger partial charge in [0.2, 0.25) is 0 Å². The zero-order valence-electron chi connectivity index (χ0n) is 10.9. The third-order valence-electron chi connectivity index (χ3n) is 3.22. The van der Waals surface area contributed by atoms with Crippen LogP contribution in [0.15, 0.2) is 36.5 Å². The fourth-order valence-electron chi connectivity index (χ4n) is 1.97. The first-order chi connectivity index (χ1) is 8.62. The highest BCUT2D eigenvalue weighted by molar-refractivity contribution is 9.09. The fraction of sp³-hybridized carbons (Fsp3) is 0.400.